The van der Waals surface area contributed by atoms with Gasteiger partial charge >= 0.3 is 12.2 Å². The van der Waals surface area contributed by atoms with Gasteiger partial charge in [-0.1, -0.05) is 24.3 Å². The van der Waals surface area contributed by atoms with Gasteiger partial charge in [-0.15, -0.1) is 0 Å². The van der Waals surface area contributed by atoms with Crippen LogP contribution in [0.5, 0.6) is 11.5 Å². The SMILES string of the molecule is CC(C)(C)OC(=O)N1CCC[C@H]1C1=NC=C(c2ccc3c(c2)OCC2=C3COc3cc(-c4cnc([C@@H]5CCCN5C(=O)OC(C)(C)C)[nH]4)ccc32)C1. The fraction of sp³-hybridized carbons (Fsp3) is 0.463. The number of nitrogens with zero attached hydrogens (tertiary/aromatic N) is 4. The van der Waals surface area contributed by atoms with Gasteiger partial charge < -0.3 is 23.9 Å². The highest BCUT2D eigenvalue weighted by Gasteiger charge is 2.37. The molecule has 2 saturated heterocycles. The molecule has 2 aromatic carbocycles. The van der Waals surface area contributed by atoms with Crippen molar-refractivity contribution in [3.8, 4) is 22.8 Å². The van der Waals surface area contributed by atoms with Gasteiger partial charge in [-0.2, -0.15) is 0 Å². The number of carbonyl (C=O) groups is 2. The third-order valence-electron chi connectivity index (χ3n) is 10.2. The van der Waals surface area contributed by atoms with Crippen molar-refractivity contribution in [3.05, 3.63) is 71.3 Å². The number of carbonyl (C=O) groups excluding carboxylic acids is 2. The molecule has 8 rings (SSSR count). The average molecular weight is 706 g/mol. The van der Waals surface area contributed by atoms with E-state index in [1.807, 2.05) is 64.9 Å². The Labute approximate surface area is 304 Å². The van der Waals surface area contributed by atoms with Crippen molar-refractivity contribution in [3.63, 3.8) is 0 Å². The van der Waals surface area contributed by atoms with Gasteiger partial charge in [-0.3, -0.25) is 14.8 Å². The maximum absolute atomic E-state index is 12.9. The number of benzene rings is 2. The van der Waals surface area contributed by atoms with Crippen molar-refractivity contribution in [2.45, 2.75) is 96.9 Å². The highest BCUT2D eigenvalue weighted by Crippen LogP contribution is 2.45. The van der Waals surface area contributed by atoms with E-state index in [4.69, 9.17) is 23.9 Å². The lowest BCUT2D eigenvalue weighted by Gasteiger charge is -2.30. The van der Waals surface area contributed by atoms with Crippen LogP contribution in [0.3, 0.4) is 0 Å². The number of hydrogen-bond donors (Lipinski definition) is 1. The van der Waals surface area contributed by atoms with Crippen molar-refractivity contribution < 1.29 is 28.5 Å². The minimum atomic E-state index is -0.552. The van der Waals surface area contributed by atoms with E-state index in [0.717, 1.165) is 93.4 Å². The minimum Gasteiger partial charge on any atom is -0.488 e. The molecule has 2 fully saturated rings. The number of aromatic amines is 1. The second-order valence-electron chi connectivity index (χ2n) is 16.3. The molecule has 11 heteroatoms. The van der Waals surface area contributed by atoms with Crippen LogP contribution in [0.15, 0.2) is 53.8 Å². The Morgan fingerprint density at radius 1 is 0.788 bits per heavy atom. The van der Waals surface area contributed by atoms with Gasteiger partial charge in [-0.05, 0) is 90.5 Å². The molecule has 6 heterocycles. The number of H-pyrrole nitrogens is 1. The third kappa shape index (κ3) is 6.57. The molecule has 0 unspecified atom stereocenters. The number of aliphatic imine (C=N–C) groups is 1. The quantitative estimate of drug-likeness (QED) is 0.290. The number of imidazole rings is 1. The molecule has 2 amide bonds. The first kappa shape index (κ1) is 34.0. The molecule has 0 radical (unpaired) electrons. The molecular formula is C41H47N5O6. The average Bonchev–Trinajstić information content (AvgIpc) is 3.92. The minimum absolute atomic E-state index is 0.0395. The first-order valence-corrected chi connectivity index (χ1v) is 18.4. The predicted octanol–water partition coefficient (Wildman–Crippen LogP) is 8.43. The van der Waals surface area contributed by atoms with Crippen LogP contribution in [0.2, 0.25) is 0 Å². The van der Waals surface area contributed by atoms with Crippen LogP contribution in [-0.4, -0.2) is 81.2 Å². The molecule has 1 aromatic heterocycles. The molecule has 272 valence electrons. The Bertz CT molecular complexity index is 2030. The van der Waals surface area contributed by atoms with Crippen molar-refractivity contribution >= 4 is 34.6 Å². The van der Waals surface area contributed by atoms with Crippen LogP contribution in [0.1, 0.15) is 102 Å². The summed E-state index contributed by atoms with van der Waals surface area (Å²) >= 11 is 0. The lowest BCUT2D eigenvalue weighted by Crippen LogP contribution is -2.43. The fourth-order valence-corrected chi connectivity index (χ4v) is 7.83. The zero-order chi connectivity index (χ0) is 36.4. The largest absolute Gasteiger partial charge is 0.488 e. The van der Waals surface area contributed by atoms with Crippen molar-refractivity contribution in [1.29, 1.82) is 0 Å². The van der Waals surface area contributed by atoms with Crippen molar-refractivity contribution in [2.75, 3.05) is 26.3 Å². The van der Waals surface area contributed by atoms with Gasteiger partial charge in [0.05, 0.1) is 24.0 Å². The summed E-state index contributed by atoms with van der Waals surface area (Å²) in [5, 5.41) is 0. The second-order valence-corrected chi connectivity index (χ2v) is 16.3. The molecule has 3 aromatic rings. The van der Waals surface area contributed by atoms with E-state index in [0.29, 0.717) is 32.7 Å². The van der Waals surface area contributed by atoms with E-state index < -0.39 is 11.2 Å². The van der Waals surface area contributed by atoms with E-state index in [1.54, 1.807) is 4.90 Å². The van der Waals surface area contributed by atoms with E-state index in [9.17, 15) is 9.59 Å². The van der Waals surface area contributed by atoms with Gasteiger partial charge in [0.2, 0.25) is 0 Å². The molecule has 0 spiro atoms. The molecule has 2 atom stereocenters. The number of rotatable bonds is 4. The van der Waals surface area contributed by atoms with Crippen LogP contribution in [0.4, 0.5) is 9.59 Å². The topological polar surface area (TPSA) is 119 Å². The standard InChI is InChI=1S/C41H47N5O6/c1-40(2,3)51-38(47)45-15-7-9-33(45)31-17-26(20-42-31)24-11-13-27-29-23-50-36-19-25(12-14-28(36)30(29)22-49-35(27)18-24)32-21-43-37(44-32)34-10-8-16-46(34)39(48)52-41(4,5)6/h11-14,18-21,33-34H,7-10,15-17,22-23H2,1-6H3,(H,43,44)/t33-,34-/m0/s1. The molecule has 11 nitrogen and oxygen atoms in total. The van der Waals surface area contributed by atoms with Gasteiger partial charge in [0.15, 0.2) is 0 Å². The van der Waals surface area contributed by atoms with Crippen molar-refractivity contribution in [1.82, 2.24) is 19.8 Å². The predicted molar refractivity (Wildman–Crippen MR) is 199 cm³/mol. The first-order valence-electron chi connectivity index (χ1n) is 18.4. The van der Waals surface area contributed by atoms with Crippen LogP contribution in [-0.2, 0) is 9.47 Å². The Hall–Kier alpha value is -5.06. The van der Waals surface area contributed by atoms with Crippen molar-refractivity contribution in [2.24, 2.45) is 4.99 Å². The monoisotopic (exact) mass is 705 g/mol. The summed E-state index contributed by atoms with van der Waals surface area (Å²) in [6.07, 6.45) is 7.44. The van der Waals surface area contributed by atoms with Crippen LogP contribution >= 0.6 is 0 Å². The number of nitrogens with one attached hydrogen (secondary N) is 1. The summed E-state index contributed by atoms with van der Waals surface area (Å²) in [5.74, 6) is 2.40. The summed E-state index contributed by atoms with van der Waals surface area (Å²) in [5.41, 5.74) is 8.26. The maximum Gasteiger partial charge on any atom is 0.410 e. The molecule has 0 saturated carbocycles. The smallest absolute Gasteiger partial charge is 0.410 e. The van der Waals surface area contributed by atoms with E-state index in [2.05, 4.69) is 40.3 Å². The van der Waals surface area contributed by atoms with Crippen LogP contribution < -0.4 is 9.47 Å². The Morgan fingerprint density at radius 2 is 1.35 bits per heavy atom. The molecule has 5 aliphatic heterocycles. The number of amides is 2. The third-order valence-corrected chi connectivity index (χ3v) is 10.2. The number of allylic oxidation sites excluding steroid dienone is 1. The summed E-state index contributed by atoms with van der Waals surface area (Å²) in [7, 11) is 0. The Morgan fingerprint density at radius 3 is 1.96 bits per heavy atom. The first-order chi connectivity index (χ1) is 24.8. The second kappa shape index (κ2) is 12.9. The molecule has 0 bridgehead atoms. The molecule has 1 N–H and O–H groups in total. The number of aromatic nitrogens is 2. The number of ether oxygens (including phenoxy) is 4. The Kier molecular flexibility index (Phi) is 8.42. The van der Waals surface area contributed by atoms with E-state index in [1.165, 1.54) is 0 Å². The normalized spacial score (nSPS) is 21.1. The summed E-state index contributed by atoms with van der Waals surface area (Å²) in [6, 6.07) is 12.4. The Balaban J connectivity index is 0.961. The van der Waals surface area contributed by atoms with Gasteiger partial charge in [0.1, 0.15) is 41.7 Å². The van der Waals surface area contributed by atoms with E-state index in [-0.39, 0.29) is 24.3 Å². The van der Waals surface area contributed by atoms with E-state index >= 15 is 0 Å². The summed E-state index contributed by atoms with van der Waals surface area (Å²) < 4.78 is 24.1. The van der Waals surface area contributed by atoms with Crippen LogP contribution in [0.25, 0.3) is 28.0 Å². The lowest BCUT2D eigenvalue weighted by molar-refractivity contribution is 0.0216. The molecular weight excluding hydrogens is 658 g/mol. The van der Waals surface area contributed by atoms with Gasteiger partial charge in [0, 0.05) is 59.3 Å². The molecule has 52 heavy (non-hydrogen) atoms. The zero-order valence-corrected chi connectivity index (χ0v) is 30.9. The molecule has 0 aliphatic carbocycles. The highest BCUT2D eigenvalue weighted by atomic mass is 16.6. The summed E-state index contributed by atoms with van der Waals surface area (Å²) in [4.78, 5) is 42.3. The maximum atomic E-state index is 12.9. The van der Waals surface area contributed by atoms with Gasteiger partial charge in [-0.25, -0.2) is 14.6 Å². The zero-order valence-electron chi connectivity index (χ0n) is 30.9. The fourth-order valence-electron chi connectivity index (χ4n) is 7.83. The van der Waals surface area contributed by atoms with Gasteiger partial charge in [0.25, 0.3) is 0 Å². The number of hydrogen-bond acceptors (Lipinski definition) is 8. The number of likely N-dealkylation sites (tertiary alicyclic amines) is 2. The summed E-state index contributed by atoms with van der Waals surface area (Å²) in [6.45, 7) is 13.6. The van der Waals surface area contributed by atoms with Crippen LogP contribution in [0, 0.1) is 0 Å². The highest BCUT2D eigenvalue weighted by molar-refractivity contribution is 6.03. The lowest BCUT2D eigenvalue weighted by atomic mass is 9.88. The number of fused-ring (bicyclic) bond motifs is 4. The molecule has 5 aliphatic rings.